The summed E-state index contributed by atoms with van der Waals surface area (Å²) in [6.45, 7) is 4.62. The van der Waals surface area contributed by atoms with E-state index >= 15 is 0 Å². The molecule has 1 aromatic rings. The van der Waals surface area contributed by atoms with Crippen LogP contribution in [-0.2, 0) is 6.42 Å². The second-order valence-corrected chi connectivity index (χ2v) is 3.87. The normalized spacial score (nSPS) is 10.5. The third-order valence-corrected chi connectivity index (χ3v) is 2.66. The number of hydrazine groups is 1. The fourth-order valence-electron chi connectivity index (χ4n) is 1.72. The number of nitrogens with two attached hydrogens (primary N) is 1. The van der Waals surface area contributed by atoms with E-state index in [-0.39, 0.29) is 13.2 Å². The molecule has 0 aliphatic carbocycles. The molecule has 0 saturated heterocycles. The SMILES string of the molecule is CCc1nc(NN)c(C)c(N(CCO)CCO)n1. The molecule has 102 valence electrons. The third kappa shape index (κ3) is 3.28. The van der Waals surface area contributed by atoms with Gasteiger partial charge in [0.15, 0.2) is 0 Å². The number of nitrogens with one attached hydrogen (secondary N) is 1. The van der Waals surface area contributed by atoms with E-state index in [0.717, 1.165) is 5.56 Å². The van der Waals surface area contributed by atoms with Crippen molar-refractivity contribution < 1.29 is 10.2 Å². The Morgan fingerprint density at radius 3 is 2.28 bits per heavy atom. The molecule has 0 unspecified atom stereocenters. The standard InChI is InChI=1S/C11H21N5O2/c1-3-9-13-10(15-12)8(2)11(14-9)16(4-6-17)5-7-18/h17-18H,3-7,12H2,1-2H3,(H,13,14,15). The number of aliphatic hydroxyl groups excluding tert-OH is 2. The van der Waals surface area contributed by atoms with Crippen molar-refractivity contribution in [3.63, 3.8) is 0 Å². The van der Waals surface area contributed by atoms with Crippen molar-refractivity contribution in [2.45, 2.75) is 20.3 Å². The number of anilines is 2. The molecule has 0 fully saturated rings. The Kier molecular flexibility index (Phi) is 5.76. The molecule has 18 heavy (non-hydrogen) atoms. The Morgan fingerprint density at radius 2 is 1.83 bits per heavy atom. The lowest BCUT2D eigenvalue weighted by Crippen LogP contribution is -2.32. The monoisotopic (exact) mass is 255 g/mol. The first kappa shape index (κ1) is 14.6. The Morgan fingerprint density at radius 1 is 1.22 bits per heavy atom. The lowest BCUT2D eigenvalue weighted by atomic mass is 10.2. The summed E-state index contributed by atoms with van der Waals surface area (Å²) >= 11 is 0. The van der Waals surface area contributed by atoms with Gasteiger partial charge < -0.3 is 20.5 Å². The lowest BCUT2D eigenvalue weighted by Gasteiger charge is -2.24. The summed E-state index contributed by atoms with van der Waals surface area (Å²) in [5.41, 5.74) is 3.35. The van der Waals surface area contributed by atoms with Crippen LogP contribution < -0.4 is 16.2 Å². The minimum Gasteiger partial charge on any atom is -0.395 e. The van der Waals surface area contributed by atoms with E-state index in [1.165, 1.54) is 0 Å². The quantitative estimate of drug-likeness (QED) is 0.381. The van der Waals surface area contributed by atoms with Gasteiger partial charge in [-0.1, -0.05) is 6.92 Å². The molecule has 0 atom stereocenters. The Balaban J connectivity index is 3.17. The van der Waals surface area contributed by atoms with Crippen LogP contribution in [0.15, 0.2) is 0 Å². The third-order valence-electron chi connectivity index (χ3n) is 2.66. The van der Waals surface area contributed by atoms with Crippen LogP contribution in [0, 0.1) is 6.92 Å². The molecule has 0 bridgehead atoms. The first-order chi connectivity index (χ1) is 8.67. The number of aromatic nitrogens is 2. The molecule has 1 heterocycles. The summed E-state index contributed by atoms with van der Waals surface area (Å²) in [6, 6.07) is 0. The molecule has 0 amide bonds. The smallest absolute Gasteiger partial charge is 0.148 e. The van der Waals surface area contributed by atoms with Crippen molar-refractivity contribution >= 4 is 11.6 Å². The predicted molar refractivity (Wildman–Crippen MR) is 70.3 cm³/mol. The molecule has 5 N–H and O–H groups in total. The van der Waals surface area contributed by atoms with Gasteiger partial charge >= 0.3 is 0 Å². The van der Waals surface area contributed by atoms with Gasteiger partial charge in [0.05, 0.1) is 13.2 Å². The van der Waals surface area contributed by atoms with Crippen LogP contribution in [0.2, 0.25) is 0 Å². The van der Waals surface area contributed by atoms with Crippen molar-refractivity contribution in [1.82, 2.24) is 9.97 Å². The number of nitrogens with zero attached hydrogens (tertiary/aromatic N) is 3. The van der Waals surface area contributed by atoms with Crippen LogP contribution in [0.1, 0.15) is 18.3 Å². The molecule has 7 heteroatoms. The zero-order valence-corrected chi connectivity index (χ0v) is 10.8. The van der Waals surface area contributed by atoms with Gasteiger partial charge in [0.1, 0.15) is 17.5 Å². The van der Waals surface area contributed by atoms with Gasteiger partial charge in [-0.25, -0.2) is 15.8 Å². The molecule has 0 saturated carbocycles. The summed E-state index contributed by atoms with van der Waals surface area (Å²) in [5, 5.41) is 18.1. The van der Waals surface area contributed by atoms with Gasteiger partial charge in [0.2, 0.25) is 0 Å². The van der Waals surface area contributed by atoms with E-state index in [1.54, 1.807) is 0 Å². The van der Waals surface area contributed by atoms with Gasteiger partial charge in [-0.2, -0.15) is 0 Å². The van der Waals surface area contributed by atoms with Crippen LogP contribution in [0.25, 0.3) is 0 Å². The van der Waals surface area contributed by atoms with Crippen LogP contribution in [0.5, 0.6) is 0 Å². The predicted octanol–water partition coefficient (Wildman–Crippen LogP) is -0.576. The number of hydrogen-bond acceptors (Lipinski definition) is 7. The highest BCUT2D eigenvalue weighted by molar-refractivity contribution is 5.58. The number of rotatable bonds is 7. The molecular weight excluding hydrogens is 234 g/mol. The van der Waals surface area contributed by atoms with Gasteiger partial charge in [-0.15, -0.1) is 0 Å². The van der Waals surface area contributed by atoms with Crippen molar-refractivity contribution in [2.24, 2.45) is 5.84 Å². The second-order valence-electron chi connectivity index (χ2n) is 3.87. The van der Waals surface area contributed by atoms with Gasteiger partial charge in [0, 0.05) is 25.1 Å². The van der Waals surface area contributed by atoms with Crippen LogP contribution >= 0.6 is 0 Å². The van der Waals surface area contributed by atoms with E-state index in [0.29, 0.717) is 37.0 Å². The Bertz CT molecular complexity index is 380. The lowest BCUT2D eigenvalue weighted by molar-refractivity contribution is 0.280. The summed E-state index contributed by atoms with van der Waals surface area (Å²) in [6.07, 6.45) is 0.689. The average Bonchev–Trinajstić information content (AvgIpc) is 2.39. The fraction of sp³-hybridized carbons (Fsp3) is 0.636. The first-order valence-corrected chi connectivity index (χ1v) is 5.98. The highest BCUT2D eigenvalue weighted by Gasteiger charge is 2.15. The number of nitrogen functional groups attached to an aromatic ring is 1. The van der Waals surface area contributed by atoms with Crippen molar-refractivity contribution in [2.75, 3.05) is 36.6 Å². The minimum absolute atomic E-state index is 0.00368. The van der Waals surface area contributed by atoms with E-state index < -0.39 is 0 Å². The van der Waals surface area contributed by atoms with Crippen LogP contribution in [-0.4, -0.2) is 46.5 Å². The summed E-state index contributed by atoms with van der Waals surface area (Å²) in [4.78, 5) is 10.5. The average molecular weight is 255 g/mol. The number of hydrogen-bond donors (Lipinski definition) is 4. The number of aryl methyl sites for hydroxylation is 1. The zero-order valence-electron chi connectivity index (χ0n) is 10.8. The molecule has 0 aliphatic rings. The van der Waals surface area contributed by atoms with E-state index in [4.69, 9.17) is 16.1 Å². The Labute approximate surface area is 107 Å². The maximum atomic E-state index is 9.06. The summed E-state index contributed by atoms with van der Waals surface area (Å²) < 4.78 is 0. The van der Waals surface area contributed by atoms with Gasteiger partial charge in [0.25, 0.3) is 0 Å². The molecule has 0 radical (unpaired) electrons. The molecule has 0 aliphatic heterocycles. The van der Waals surface area contributed by atoms with Crippen LogP contribution in [0.4, 0.5) is 11.6 Å². The second kappa shape index (κ2) is 7.10. The Hall–Kier alpha value is -1.44. The van der Waals surface area contributed by atoms with Crippen LogP contribution in [0.3, 0.4) is 0 Å². The van der Waals surface area contributed by atoms with Gasteiger partial charge in [-0.05, 0) is 6.92 Å². The van der Waals surface area contributed by atoms with Crippen molar-refractivity contribution in [3.8, 4) is 0 Å². The summed E-state index contributed by atoms with van der Waals surface area (Å²) in [5.74, 6) is 7.36. The van der Waals surface area contributed by atoms with Crippen molar-refractivity contribution in [3.05, 3.63) is 11.4 Å². The highest BCUT2D eigenvalue weighted by atomic mass is 16.3. The van der Waals surface area contributed by atoms with Crippen molar-refractivity contribution in [1.29, 1.82) is 0 Å². The largest absolute Gasteiger partial charge is 0.395 e. The summed E-state index contributed by atoms with van der Waals surface area (Å²) in [7, 11) is 0. The topological polar surface area (TPSA) is 108 Å². The minimum atomic E-state index is -0.00368. The number of aliphatic hydroxyl groups is 2. The highest BCUT2D eigenvalue weighted by Crippen LogP contribution is 2.22. The van der Waals surface area contributed by atoms with Gasteiger partial charge in [-0.3, -0.25) is 0 Å². The van der Waals surface area contributed by atoms with E-state index in [9.17, 15) is 0 Å². The molecule has 0 spiro atoms. The first-order valence-electron chi connectivity index (χ1n) is 5.98. The molecule has 0 aromatic carbocycles. The molecular formula is C11H21N5O2. The molecule has 1 rings (SSSR count). The maximum absolute atomic E-state index is 9.06. The van der Waals surface area contributed by atoms with E-state index in [2.05, 4.69) is 15.4 Å². The molecule has 1 aromatic heterocycles. The fourth-order valence-corrected chi connectivity index (χ4v) is 1.72. The van der Waals surface area contributed by atoms with E-state index in [1.807, 2.05) is 18.7 Å². The maximum Gasteiger partial charge on any atom is 0.148 e. The molecule has 7 nitrogen and oxygen atoms in total. The zero-order chi connectivity index (χ0) is 13.5.